The van der Waals surface area contributed by atoms with Gasteiger partial charge in [0, 0.05) is 24.1 Å². The van der Waals surface area contributed by atoms with Crippen molar-refractivity contribution in [3.8, 4) is 0 Å². The van der Waals surface area contributed by atoms with Crippen molar-refractivity contribution in [3.63, 3.8) is 0 Å². The number of hydrogen-bond donors (Lipinski definition) is 1. The summed E-state index contributed by atoms with van der Waals surface area (Å²) in [6.45, 7) is 3.87. The molecule has 1 fully saturated rings. The molecule has 0 spiro atoms. The summed E-state index contributed by atoms with van der Waals surface area (Å²) in [4.78, 5) is 6.86. The molecule has 1 aliphatic heterocycles. The van der Waals surface area contributed by atoms with E-state index in [2.05, 4.69) is 14.3 Å². The van der Waals surface area contributed by atoms with Crippen molar-refractivity contribution in [1.82, 2.24) is 9.36 Å². The summed E-state index contributed by atoms with van der Waals surface area (Å²) in [5, 5.41) is 1.09. The van der Waals surface area contributed by atoms with Gasteiger partial charge in [-0.25, -0.2) is 4.98 Å². The van der Waals surface area contributed by atoms with E-state index in [1.807, 2.05) is 6.92 Å². The molecular formula is C10H18N4S. The third-order valence-electron chi connectivity index (χ3n) is 2.88. The number of nitrogens with zero attached hydrogens (tertiary/aromatic N) is 3. The molecule has 1 aliphatic rings. The molecule has 0 aromatic carbocycles. The van der Waals surface area contributed by atoms with Crippen molar-refractivity contribution in [2.45, 2.75) is 38.6 Å². The van der Waals surface area contributed by atoms with Gasteiger partial charge in [0.25, 0.3) is 0 Å². The van der Waals surface area contributed by atoms with Crippen molar-refractivity contribution in [2.24, 2.45) is 5.73 Å². The van der Waals surface area contributed by atoms with Gasteiger partial charge in [0.05, 0.1) is 0 Å². The molecule has 2 heterocycles. The fourth-order valence-electron chi connectivity index (χ4n) is 2.14. The highest BCUT2D eigenvalue weighted by atomic mass is 32.1. The maximum absolute atomic E-state index is 5.55. The van der Waals surface area contributed by atoms with Crippen molar-refractivity contribution >= 4 is 16.7 Å². The summed E-state index contributed by atoms with van der Waals surface area (Å²) in [5.74, 6) is 0.888. The van der Waals surface area contributed by atoms with Crippen LogP contribution in [0.3, 0.4) is 0 Å². The number of rotatable bonds is 4. The maximum atomic E-state index is 5.55. The quantitative estimate of drug-likeness (QED) is 0.846. The highest BCUT2D eigenvalue weighted by molar-refractivity contribution is 7.09. The molecule has 4 nitrogen and oxygen atoms in total. The Labute approximate surface area is 94.7 Å². The molecule has 0 amide bonds. The number of hydrogen-bond acceptors (Lipinski definition) is 5. The lowest BCUT2D eigenvalue weighted by atomic mass is 10.1. The van der Waals surface area contributed by atoms with Gasteiger partial charge in [-0.15, -0.1) is 0 Å². The van der Waals surface area contributed by atoms with Crippen LogP contribution in [0.4, 0.5) is 5.13 Å². The van der Waals surface area contributed by atoms with E-state index < -0.39 is 0 Å². The second-order valence-corrected chi connectivity index (χ2v) is 4.77. The summed E-state index contributed by atoms with van der Waals surface area (Å²) in [6.07, 6.45) is 4.85. The number of nitrogens with two attached hydrogens (primary N) is 1. The van der Waals surface area contributed by atoms with Crippen molar-refractivity contribution in [1.29, 1.82) is 0 Å². The SMILES string of the molecule is Cc1nsc(N2CCCC2CCCN)n1. The third-order valence-corrected chi connectivity index (χ3v) is 3.73. The third kappa shape index (κ3) is 2.46. The van der Waals surface area contributed by atoms with Crippen LogP contribution in [-0.2, 0) is 0 Å². The van der Waals surface area contributed by atoms with E-state index in [9.17, 15) is 0 Å². The summed E-state index contributed by atoms with van der Waals surface area (Å²) in [6, 6.07) is 0.640. The summed E-state index contributed by atoms with van der Waals surface area (Å²) >= 11 is 1.52. The van der Waals surface area contributed by atoms with Crippen LogP contribution in [0.25, 0.3) is 0 Å². The molecular weight excluding hydrogens is 208 g/mol. The zero-order chi connectivity index (χ0) is 10.7. The lowest BCUT2D eigenvalue weighted by Crippen LogP contribution is -2.29. The van der Waals surface area contributed by atoms with Crippen LogP contribution in [0.5, 0.6) is 0 Å². The van der Waals surface area contributed by atoms with Crippen molar-refractivity contribution in [3.05, 3.63) is 5.82 Å². The fraction of sp³-hybridized carbons (Fsp3) is 0.800. The van der Waals surface area contributed by atoms with E-state index in [0.717, 1.165) is 30.5 Å². The smallest absolute Gasteiger partial charge is 0.205 e. The number of aromatic nitrogens is 2. The molecule has 15 heavy (non-hydrogen) atoms. The van der Waals surface area contributed by atoms with Gasteiger partial charge in [-0.3, -0.25) is 0 Å². The Hall–Kier alpha value is -0.680. The normalized spacial score (nSPS) is 21.2. The van der Waals surface area contributed by atoms with Crippen LogP contribution in [0.2, 0.25) is 0 Å². The van der Waals surface area contributed by atoms with Gasteiger partial charge in [0.1, 0.15) is 5.82 Å². The predicted molar refractivity (Wildman–Crippen MR) is 63.3 cm³/mol. The summed E-state index contributed by atoms with van der Waals surface area (Å²) < 4.78 is 4.24. The van der Waals surface area contributed by atoms with E-state index in [4.69, 9.17) is 5.73 Å². The standard InChI is InChI=1S/C10H18N4S/c1-8-12-10(15-13-8)14-7-3-5-9(14)4-2-6-11/h9H,2-7,11H2,1H3. The molecule has 1 aromatic heterocycles. The zero-order valence-electron chi connectivity index (χ0n) is 9.15. The van der Waals surface area contributed by atoms with E-state index >= 15 is 0 Å². The molecule has 1 saturated heterocycles. The Kier molecular flexibility index (Phi) is 3.53. The lowest BCUT2D eigenvalue weighted by Gasteiger charge is -2.23. The van der Waals surface area contributed by atoms with E-state index in [-0.39, 0.29) is 0 Å². The first-order valence-corrected chi connectivity index (χ1v) is 6.35. The average Bonchev–Trinajstić information content (AvgIpc) is 2.82. The van der Waals surface area contributed by atoms with Crippen LogP contribution in [0.15, 0.2) is 0 Å². The molecule has 84 valence electrons. The number of aryl methyl sites for hydroxylation is 1. The van der Waals surface area contributed by atoms with Crippen LogP contribution in [0.1, 0.15) is 31.5 Å². The van der Waals surface area contributed by atoms with Crippen LogP contribution in [-0.4, -0.2) is 28.5 Å². The largest absolute Gasteiger partial charge is 0.344 e. The highest BCUT2D eigenvalue weighted by Gasteiger charge is 2.26. The average molecular weight is 226 g/mol. The molecule has 0 bridgehead atoms. The van der Waals surface area contributed by atoms with Gasteiger partial charge in [-0.2, -0.15) is 4.37 Å². The van der Waals surface area contributed by atoms with Crippen molar-refractivity contribution in [2.75, 3.05) is 18.0 Å². The van der Waals surface area contributed by atoms with Gasteiger partial charge >= 0.3 is 0 Å². The molecule has 1 unspecified atom stereocenters. The van der Waals surface area contributed by atoms with Crippen LogP contribution < -0.4 is 10.6 Å². The zero-order valence-corrected chi connectivity index (χ0v) is 9.96. The van der Waals surface area contributed by atoms with Crippen LogP contribution in [0, 0.1) is 6.92 Å². The molecule has 0 radical (unpaired) electrons. The molecule has 5 heteroatoms. The van der Waals surface area contributed by atoms with Gasteiger partial charge in [-0.05, 0) is 39.2 Å². The molecule has 1 aromatic rings. The monoisotopic (exact) mass is 226 g/mol. The first-order valence-electron chi connectivity index (χ1n) is 5.58. The highest BCUT2D eigenvalue weighted by Crippen LogP contribution is 2.28. The predicted octanol–water partition coefficient (Wildman–Crippen LogP) is 1.55. The molecule has 2 N–H and O–H groups in total. The van der Waals surface area contributed by atoms with Crippen molar-refractivity contribution < 1.29 is 0 Å². The van der Waals surface area contributed by atoms with Crippen LogP contribution >= 0.6 is 11.5 Å². The Morgan fingerprint density at radius 2 is 2.47 bits per heavy atom. The van der Waals surface area contributed by atoms with E-state index in [1.54, 1.807) is 0 Å². The lowest BCUT2D eigenvalue weighted by molar-refractivity contribution is 0.584. The van der Waals surface area contributed by atoms with Gasteiger partial charge in [0.15, 0.2) is 0 Å². The Morgan fingerprint density at radius 3 is 3.13 bits per heavy atom. The molecule has 0 aliphatic carbocycles. The number of anilines is 1. The molecule has 1 atom stereocenters. The van der Waals surface area contributed by atoms with E-state index in [1.165, 1.54) is 30.8 Å². The van der Waals surface area contributed by atoms with Gasteiger partial charge < -0.3 is 10.6 Å². The second-order valence-electron chi connectivity index (χ2n) is 4.04. The Balaban J connectivity index is 2.01. The van der Waals surface area contributed by atoms with Gasteiger partial charge in [-0.1, -0.05) is 0 Å². The second kappa shape index (κ2) is 4.90. The first kappa shape index (κ1) is 10.8. The summed E-state index contributed by atoms with van der Waals surface area (Å²) in [7, 11) is 0. The Morgan fingerprint density at radius 1 is 1.60 bits per heavy atom. The van der Waals surface area contributed by atoms with Gasteiger partial charge in [0.2, 0.25) is 5.13 Å². The fourth-order valence-corrected chi connectivity index (χ4v) is 2.92. The maximum Gasteiger partial charge on any atom is 0.205 e. The minimum atomic E-state index is 0.640. The minimum absolute atomic E-state index is 0.640. The van der Waals surface area contributed by atoms with E-state index in [0.29, 0.717) is 6.04 Å². The molecule has 0 saturated carbocycles. The summed E-state index contributed by atoms with van der Waals surface area (Å²) in [5.41, 5.74) is 5.55. The molecule has 2 rings (SSSR count). The first-order chi connectivity index (χ1) is 7.31. The Bertz CT molecular complexity index is 312. The minimum Gasteiger partial charge on any atom is -0.344 e. The topological polar surface area (TPSA) is 55.0 Å².